The van der Waals surface area contributed by atoms with Crippen molar-refractivity contribution in [1.82, 2.24) is 0 Å². The number of hydrogen-bond donors (Lipinski definition) is 2. The van der Waals surface area contributed by atoms with Crippen LogP contribution in [0.25, 0.3) is 0 Å². The summed E-state index contributed by atoms with van der Waals surface area (Å²) >= 11 is 0. The van der Waals surface area contributed by atoms with Crippen LogP contribution in [0.2, 0.25) is 0 Å². The average molecular weight is 435 g/mol. The topological polar surface area (TPSA) is 121 Å². The van der Waals surface area contributed by atoms with Crippen LogP contribution in [-0.2, 0) is 33.8 Å². The fraction of sp³-hybridized carbons (Fsp3) is 0.579. The Morgan fingerprint density at radius 1 is 0.759 bits per heavy atom. The first-order valence-electron chi connectivity index (χ1n) is 8.98. The zero-order chi connectivity index (χ0) is 21.6. The first-order valence-corrected chi connectivity index (χ1v) is 10.4. The summed E-state index contributed by atoms with van der Waals surface area (Å²) in [5.74, 6) is 2.38. The normalized spacial score (nSPS) is 10.8. The summed E-state index contributed by atoms with van der Waals surface area (Å²) in [7, 11) is -4.00. The molecule has 9 nitrogen and oxygen atoms in total. The molecule has 0 heterocycles. The Labute approximate surface area is 172 Å². The fourth-order valence-corrected chi connectivity index (χ4v) is 2.17. The largest absolute Gasteiger partial charge is 0.394 e. The summed E-state index contributed by atoms with van der Waals surface area (Å²) in [6.07, 6.45) is 5.02. The van der Waals surface area contributed by atoms with Crippen molar-refractivity contribution in [2.24, 2.45) is 0 Å². The van der Waals surface area contributed by atoms with Crippen LogP contribution in [0.1, 0.15) is 0 Å². The van der Waals surface area contributed by atoms with Gasteiger partial charge in [-0.2, -0.15) is 8.42 Å². The highest BCUT2D eigenvalue weighted by Crippen LogP contribution is 2.05. The molecule has 0 atom stereocenters. The molecule has 0 aliphatic carbocycles. The van der Waals surface area contributed by atoms with E-state index in [4.69, 9.17) is 39.8 Å². The lowest BCUT2D eigenvalue weighted by Gasteiger charge is -2.07. The van der Waals surface area contributed by atoms with E-state index in [0.717, 1.165) is 0 Å². The minimum atomic E-state index is -4.00. The quantitative estimate of drug-likeness (QED) is 0.219. The van der Waals surface area contributed by atoms with Crippen molar-refractivity contribution < 1.29 is 41.8 Å². The van der Waals surface area contributed by atoms with Gasteiger partial charge in [0.25, 0.3) is 10.1 Å². The molecule has 1 aromatic carbocycles. The van der Waals surface area contributed by atoms with Crippen molar-refractivity contribution in [3.05, 3.63) is 30.3 Å². The van der Waals surface area contributed by atoms with Crippen LogP contribution in [0.3, 0.4) is 0 Å². The number of rotatable bonds is 16. The molecule has 2 N–H and O–H groups in total. The van der Waals surface area contributed by atoms with E-state index in [1.165, 1.54) is 12.1 Å². The maximum absolute atomic E-state index is 10.4. The average Bonchev–Trinajstić information content (AvgIpc) is 2.71. The lowest BCUT2D eigenvalue weighted by Crippen LogP contribution is -2.13. The van der Waals surface area contributed by atoms with Crippen LogP contribution in [0.4, 0.5) is 0 Å². The zero-order valence-corrected chi connectivity index (χ0v) is 17.2. The lowest BCUT2D eigenvalue weighted by atomic mass is 10.4. The van der Waals surface area contributed by atoms with Gasteiger partial charge in [0.2, 0.25) is 0 Å². The van der Waals surface area contributed by atoms with Crippen LogP contribution in [0.5, 0.6) is 0 Å². The summed E-state index contributed by atoms with van der Waals surface area (Å²) in [4.78, 5) is -0.0741. The minimum absolute atomic E-state index is 0.0386. The number of hydrogen-bond acceptors (Lipinski definition) is 8. The predicted octanol–water partition coefficient (Wildman–Crippen LogP) is 0.628. The number of ether oxygens (including phenoxy) is 5. The molecule has 166 valence electrons. The van der Waals surface area contributed by atoms with Gasteiger partial charge in [0.05, 0.1) is 71.0 Å². The van der Waals surface area contributed by atoms with Gasteiger partial charge >= 0.3 is 0 Å². The number of aliphatic hydroxyl groups is 1. The third kappa shape index (κ3) is 19.5. The minimum Gasteiger partial charge on any atom is -0.394 e. The van der Waals surface area contributed by atoms with Gasteiger partial charge in [-0.05, 0) is 12.1 Å². The third-order valence-corrected chi connectivity index (χ3v) is 3.82. The van der Waals surface area contributed by atoms with E-state index < -0.39 is 10.1 Å². The van der Waals surface area contributed by atoms with E-state index >= 15 is 0 Å². The summed E-state index contributed by atoms with van der Waals surface area (Å²) in [6.45, 7) is 4.82. The molecule has 0 saturated carbocycles. The maximum atomic E-state index is 10.4. The first kappa shape index (κ1) is 27.5. The Kier molecular flexibility index (Phi) is 18.7. The molecule has 1 rings (SSSR count). The van der Waals surface area contributed by atoms with Crippen LogP contribution >= 0.6 is 0 Å². The highest BCUT2D eigenvalue weighted by atomic mass is 32.2. The van der Waals surface area contributed by atoms with E-state index in [1.54, 1.807) is 18.2 Å². The second kappa shape index (κ2) is 19.8. The molecule has 0 radical (unpaired) electrons. The van der Waals surface area contributed by atoms with Gasteiger partial charge in [-0.15, -0.1) is 6.42 Å². The Bertz CT molecular complexity index is 614. The molecule has 10 heteroatoms. The van der Waals surface area contributed by atoms with E-state index in [1.807, 2.05) is 0 Å². The molecule has 0 spiro atoms. The van der Waals surface area contributed by atoms with Crippen LogP contribution in [0, 0.1) is 12.3 Å². The Morgan fingerprint density at radius 3 is 1.52 bits per heavy atom. The van der Waals surface area contributed by atoms with Crippen molar-refractivity contribution in [3.8, 4) is 12.3 Å². The molecule has 0 aliphatic rings. The van der Waals surface area contributed by atoms with Crippen LogP contribution in [-0.4, -0.2) is 90.8 Å². The summed E-state index contributed by atoms with van der Waals surface area (Å²) in [5, 5.41) is 8.46. The van der Waals surface area contributed by atoms with Crippen LogP contribution < -0.4 is 0 Å². The molecule has 0 fully saturated rings. The molecule has 0 aliphatic heterocycles. The van der Waals surface area contributed by atoms with Gasteiger partial charge in [0.1, 0.15) is 6.61 Å². The van der Waals surface area contributed by atoms with E-state index in [0.29, 0.717) is 66.1 Å². The van der Waals surface area contributed by atoms with Gasteiger partial charge in [-0.25, -0.2) is 0 Å². The highest BCUT2D eigenvalue weighted by molar-refractivity contribution is 7.85. The molecule has 1 aromatic rings. The molecular formula is C19H30O9S. The van der Waals surface area contributed by atoms with Gasteiger partial charge in [0.15, 0.2) is 0 Å². The van der Waals surface area contributed by atoms with Crippen molar-refractivity contribution >= 4 is 10.1 Å². The first-order chi connectivity index (χ1) is 14.0. The number of aliphatic hydroxyl groups excluding tert-OH is 1. The number of terminal acetylenes is 1. The smallest absolute Gasteiger partial charge is 0.294 e. The van der Waals surface area contributed by atoms with Crippen LogP contribution in [0.15, 0.2) is 35.2 Å². The number of benzene rings is 1. The molecule has 0 bridgehead atoms. The molecule has 0 saturated heterocycles. The second-order valence-electron chi connectivity index (χ2n) is 5.22. The SMILES string of the molecule is C#CCOCCOCCOCCOCCOCCO.O=S(=O)(O)c1ccccc1. The Hall–Kier alpha value is -1.55. The maximum Gasteiger partial charge on any atom is 0.294 e. The van der Waals surface area contributed by atoms with Crippen molar-refractivity contribution in [1.29, 1.82) is 0 Å². The monoisotopic (exact) mass is 434 g/mol. The molecular weight excluding hydrogens is 404 g/mol. The third-order valence-electron chi connectivity index (χ3n) is 2.95. The summed E-state index contributed by atoms with van der Waals surface area (Å²) < 4.78 is 55.1. The fourth-order valence-electron chi connectivity index (χ4n) is 1.67. The Morgan fingerprint density at radius 2 is 1.17 bits per heavy atom. The van der Waals surface area contributed by atoms with Gasteiger partial charge in [-0.3, -0.25) is 4.55 Å². The highest BCUT2D eigenvalue weighted by Gasteiger charge is 2.05. The van der Waals surface area contributed by atoms with Crippen molar-refractivity contribution in [2.45, 2.75) is 4.90 Å². The molecule has 0 unspecified atom stereocenters. The summed E-state index contributed by atoms with van der Waals surface area (Å²) in [6, 6.07) is 7.42. The van der Waals surface area contributed by atoms with Crippen molar-refractivity contribution in [2.75, 3.05) is 72.7 Å². The second-order valence-corrected chi connectivity index (χ2v) is 6.64. The standard InChI is InChI=1S/C13H24O6.C6H6O3S/c1-2-4-15-6-8-17-10-12-19-13-11-18-9-7-16-5-3-14;7-10(8,9)6-4-2-1-3-5-6/h1,14H,3-13H2;1-5H,(H,7,8,9). The van der Waals surface area contributed by atoms with Gasteiger partial charge in [-0.1, -0.05) is 24.1 Å². The molecule has 0 amide bonds. The van der Waals surface area contributed by atoms with E-state index in [9.17, 15) is 8.42 Å². The van der Waals surface area contributed by atoms with E-state index in [-0.39, 0.29) is 11.5 Å². The Balaban J connectivity index is 0.000000651. The van der Waals surface area contributed by atoms with Gasteiger partial charge in [0, 0.05) is 0 Å². The molecule has 0 aromatic heterocycles. The van der Waals surface area contributed by atoms with Gasteiger partial charge < -0.3 is 28.8 Å². The predicted molar refractivity (Wildman–Crippen MR) is 106 cm³/mol. The molecule has 29 heavy (non-hydrogen) atoms. The summed E-state index contributed by atoms with van der Waals surface area (Å²) in [5.41, 5.74) is 0. The van der Waals surface area contributed by atoms with Crippen molar-refractivity contribution in [3.63, 3.8) is 0 Å². The van der Waals surface area contributed by atoms with E-state index in [2.05, 4.69) is 5.92 Å². The zero-order valence-electron chi connectivity index (χ0n) is 16.4. The lowest BCUT2D eigenvalue weighted by molar-refractivity contribution is -0.0116.